The lowest BCUT2D eigenvalue weighted by atomic mass is 9.96. The van der Waals surface area contributed by atoms with Crippen molar-refractivity contribution in [1.29, 1.82) is 0 Å². The van der Waals surface area contributed by atoms with Gasteiger partial charge in [0.05, 0.1) is 13.2 Å². The van der Waals surface area contributed by atoms with Crippen molar-refractivity contribution >= 4 is 28.4 Å². The summed E-state index contributed by atoms with van der Waals surface area (Å²) in [7, 11) is 3.44. The van der Waals surface area contributed by atoms with Gasteiger partial charge in [-0.25, -0.2) is 0 Å². The Morgan fingerprint density at radius 1 is 1.06 bits per heavy atom. The molecule has 4 aromatic rings. The van der Waals surface area contributed by atoms with Gasteiger partial charge in [0.15, 0.2) is 6.61 Å². The number of carbonyl (C=O) groups is 1. The van der Waals surface area contributed by atoms with Gasteiger partial charge in [0, 0.05) is 34.7 Å². The van der Waals surface area contributed by atoms with Crippen LogP contribution in [0.4, 0.5) is 0 Å². The number of aromatic amines is 1. The predicted molar refractivity (Wildman–Crippen MR) is 128 cm³/mol. The maximum atomic E-state index is 13.2. The molecule has 3 aromatic carbocycles. The van der Waals surface area contributed by atoms with E-state index in [-0.39, 0.29) is 18.6 Å². The minimum atomic E-state index is -0.292. The monoisotopic (exact) mass is 448 g/mol. The Hall–Kier alpha value is -3.44. The maximum absolute atomic E-state index is 13.2. The summed E-state index contributed by atoms with van der Waals surface area (Å²) in [4.78, 5) is 18.2. The second-order valence-corrected chi connectivity index (χ2v) is 8.08. The highest BCUT2D eigenvalue weighted by molar-refractivity contribution is 6.31. The van der Waals surface area contributed by atoms with Crippen molar-refractivity contribution in [2.45, 2.75) is 13.0 Å². The van der Waals surface area contributed by atoms with Crippen molar-refractivity contribution in [1.82, 2.24) is 9.88 Å². The van der Waals surface area contributed by atoms with Crippen molar-refractivity contribution in [2.24, 2.45) is 0 Å². The third kappa shape index (κ3) is 4.43. The minimum Gasteiger partial charge on any atom is -0.497 e. The van der Waals surface area contributed by atoms with Crippen LogP contribution in [0.25, 0.3) is 10.9 Å². The van der Waals surface area contributed by atoms with Gasteiger partial charge in [0.2, 0.25) is 0 Å². The Labute approximate surface area is 192 Å². The van der Waals surface area contributed by atoms with Gasteiger partial charge >= 0.3 is 0 Å². The van der Waals surface area contributed by atoms with Crippen LogP contribution >= 0.6 is 11.6 Å². The molecule has 5 nitrogen and oxygen atoms in total. The van der Waals surface area contributed by atoms with Gasteiger partial charge in [-0.05, 0) is 54.4 Å². The fraction of sp³-hybridized carbons (Fsp3) is 0.192. The van der Waals surface area contributed by atoms with E-state index in [1.807, 2.05) is 61.7 Å². The van der Waals surface area contributed by atoms with Gasteiger partial charge < -0.3 is 19.4 Å². The van der Waals surface area contributed by atoms with E-state index < -0.39 is 0 Å². The SMILES string of the molecule is COc1ccc([C@@H](c2c[nH]c3ccccc23)N(C)C(=O)COc2ccc(Cl)c(C)c2)cc1. The van der Waals surface area contributed by atoms with Crippen molar-refractivity contribution in [3.63, 3.8) is 0 Å². The molecular formula is C26H25ClN2O3. The third-order valence-corrected chi connectivity index (χ3v) is 6.04. The molecule has 1 amide bonds. The molecule has 1 aromatic heterocycles. The van der Waals surface area contributed by atoms with Crippen LogP contribution < -0.4 is 9.47 Å². The molecule has 0 aliphatic rings. The number of nitrogens with one attached hydrogen (secondary N) is 1. The molecule has 6 heteroatoms. The number of nitrogens with zero attached hydrogens (tertiary/aromatic N) is 1. The van der Waals surface area contributed by atoms with Gasteiger partial charge in [0.1, 0.15) is 11.5 Å². The van der Waals surface area contributed by atoms with Crippen molar-refractivity contribution in [3.8, 4) is 11.5 Å². The third-order valence-electron chi connectivity index (χ3n) is 5.62. The number of para-hydroxylation sites is 1. The lowest BCUT2D eigenvalue weighted by Gasteiger charge is -2.29. The van der Waals surface area contributed by atoms with E-state index in [0.29, 0.717) is 10.8 Å². The molecule has 164 valence electrons. The van der Waals surface area contributed by atoms with Crippen molar-refractivity contribution < 1.29 is 14.3 Å². The van der Waals surface area contributed by atoms with E-state index in [9.17, 15) is 4.79 Å². The van der Waals surface area contributed by atoms with Crippen molar-refractivity contribution in [3.05, 3.63) is 94.6 Å². The highest BCUT2D eigenvalue weighted by atomic mass is 35.5. The number of methoxy groups -OCH3 is 1. The quantitative estimate of drug-likeness (QED) is 0.390. The summed E-state index contributed by atoms with van der Waals surface area (Å²) in [5.41, 5.74) is 3.92. The Morgan fingerprint density at radius 2 is 1.78 bits per heavy atom. The maximum Gasteiger partial charge on any atom is 0.261 e. The number of amides is 1. The molecule has 0 unspecified atom stereocenters. The first-order valence-corrected chi connectivity index (χ1v) is 10.7. The molecule has 0 aliphatic carbocycles. The fourth-order valence-electron chi connectivity index (χ4n) is 3.82. The Balaban J connectivity index is 1.63. The zero-order valence-corrected chi connectivity index (χ0v) is 19.0. The van der Waals surface area contributed by atoms with Gasteiger partial charge in [0.25, 0.3) is 5.91 Å². The number of H-pyrrole nitrogens is 1. The van der Waals surface area contributed by atoms with E-state index >= 15 is 0 Å². The van der Waals surface area contributed by atoms with Gasteiger partial charge in [-0.3, -0.25) is 4.79 Å². The molecule has 32 heavy (non-hydrogen) atoms. The zero-order valence-electron chi connectivity index (χ0n) is 18.3. The average Bonchev–Trinajstić information content (AvgIpc) is 3.24. The first kappa shape index (κ1) is 21.8. The lowest BCUT2D eigenvalue weighted by Crippen LogP contribution is -2.35. The molecule has 4 rings (SSSR count). The summed E-state index contributed by atoms with van der Waals surface area (Å²) in [6.45, 7) is 1.83. The molecule has 0 fully saturated rings. The van der Waals surface area contributed by atoms with Crippen LogP contribution in [0.1, 0.15) is 22.7 Å². The van der Waals surface area contributed by atoms with Crippen molar-refractivity contribution in [2.75, 3.05) is 20.8 Å². The summed E-state index contributed by atoms with van der Waals surface area (Å²) in [6.07, 6.45) is 1.97. The molecule has 1 heterocycles. The van der Waals surface area contributed by atoms with E-state index in [1.54, 1.807) is 31.2 Å². The van der Waals surface area contributed by atoms with Crippen LogP contribution in [0.5, 0.6) is 11.5 Å². The lowest BCUT2D eigenvalue weighted by molar-refractivity contribution is -0.133. The van der Waals surface area contributed by atoms with E-state index in [2.05, 4.69) is 11.1 Å². The molecule has 1 N–H and O–H groups in total. The number of likely N-dealkylation sites (N-methyl/N-ethyl adjacent to an activating group) is 1. The normalized spacial score (nSPS) is 11.9. The standard InChI is InChI=1S/C26H25ClN2O3/c1-17-14-20(12-13-23(17)27)32-16-25(30)29(2)26(18-8-10-19(31-3)11-9-18)22-15-28-24-7-5-4-6-21(22)24/h4-15,26,28H,16H2,1-3H3/t26-/m0/s1. The first-order chi connectivity index (χ1) is 15.5. The van der Waals surface area contributed by atoms with E-state index in [4.69, 9.17) is 21.1 Å². The number of halogens is 1. The summed E-state index contributed by atoms with van der Waals surface area (Å²) < 4.78 is 11.1. The van der Waals surface area contributed by atoms with Crippen LogP contribution in [0.2, 0.25) is 5.02 Å². The van der Waals surface area contributed by atoms with Crippen LogP contribution in [-0.2, 0) is 4.79 Å². The number of carbonyl (C=O) groups excluding carboxylic acids is 1. The first-order valence-electron chi connectivity index (χ1n) is 10.3. The second-order valence-electron chi connectivity index (χ2n) is 7.67. The number of aromatic nitrogens is 1. The zero-order chi connectivity index (χ0) is 22.7. The van der Waals surface area contributed by atoms with Gasteiger partial charge in [-0.2, -0.15) is 0 Å². The molecule has 0 saturated heterocycles. The smallest absolute Gasteiger partial charge is 0.261 e. The Bertz CT molecular complexity index is 1230. The Morgan fingerprint density at radius 3 is 2.50 bits per heavy atom. The number of aryl methyl sites for hydroxylation is 1. The van der Waals surface area contributed by atoms with E-state index in [0.717, 1.165) is 33.3 Å². The molecule has 0 spiro atoms. The molecule has 1 atom stereocenters. The largest absolute Gasteiger partial charge is 0.497 e. The molecule has 0 radical (unpaired) electrons. The van der Waals surface area contributed by atoms with Crippen LogP contribution in [-0.4, -0.2) is 36.6 Å². The van der Waals surface area contributed by atoms with Gasteiger partial charge in [-0.1, -0.05) is 41.9 Å². The summed E-state index contributed by atoms with van der Waals surface area (Å²) in [5, 5.41) is 1.74. The second kappa shape index (κ2) is 9.37. The van der Waals surface area contributed by atoms with Gasteiger partial charge in [-0.15, -0.1) is 0 Å². The highest BCUT2D eigenvalue weighted by Gasteiger charge is 2.26. The molecule has 0 saturated carbocycles. The number of benzene rings is 3. The summed E-state index contributed by atoms with van der Waals surface area (Å²) in [6, 6.07) is 20.9. The summed E-state index contributed by atoms with van der Waals surface area (Å²) >= 11 is 6.09. The number of ether oxygens (including phenoxy) is 2. The molecule has 0 bridgehead atoms. The number of rotatable bonds is 7. The average molecular weight is 449 g/mol. The highest BCUT2D eigenvalue weighted by Crippen LogP contribution is 2.34. The van der Waals surface area contributed by atoms with Crippen LogP contribution in [0.3, 0.4) is 0 Å². The number of hydrogen-bond acceptors (Lipinski definition) is 3. The predicted octanol–water partition coefficient (Wildman–Crippen LogP) is 5.77. The molecular weight excluding hydrogens is 424 g/mol. The minimum absolute atomic E-state index is 0.0768. The number of fused-ring (bicyclic) bond motifs is 1. The fourth-order valence-corrected chi connectivity index (χ4v) is 3.93. The summed E-state index contributed by atoms with van der Waals surface area (Å²) in [5.74, 6) is 1.24. The van der Waals surface area contributed by atoms with E-state index in [1.165, 1.54) is 0 Å². The van der Waals surface area contributed by atoms with Crippen LogP contribution in [0, 0.1) is 6.92 Å². The Kier molecular flexibility index (Phi) is 6.37. The molecule has 0 aliphatic heterocycles. The topological polar surface area (TPSA) is 54.6 Å². The number of hydrogen-bond donors (Lipinski definition) is 1. The van der Waals surface area contributed by atoms with Crippen LogP contribution in [0.15, 0.2) is 72.9 Å².